The van der Waals surface area contributed by atoms with E-state index in [1.165, 1.54) is 11.3 Å². The second-order valence-corrected chi connectivity index (χ2v) is 6.39. The molecular weight excluding hydrogens is 372 g/mol. The van der Waals surface area contributed by atoms with Gasteiger partial charge in [-0.3, -0.25) is 0 Å². The summed E-state index contributed by atoms with van der Waals surface area (Å²) in [6.07, 6.45) is 6.95. The highest BCUT2D eigenvalue weighted by Crippen LogP contribution is 2.27. The monoisotopic (exact) mass is 382 g/mol. The summed E-state index contributed by atoms with van der Waals surface area (Å²) >= 11 is 4.88. The van der Waals surface area contributed by atoms with Crippen molar-refractivity contribution in [2.75, 3.05) is 0 Å². The van der Waals surface area contributed by atoms with Gasteiger partial charge in [0.2, 0.25) is 0 Å². The summed E-state index contributed by atoms with van der Waals surface area (Å²) in [5.41, 5.74) is 2.42. The zero-order valence-corrected chi connectivity index (χ0v) is 14.3. The molecule has 0 aliphatic carbocycles. The average Bonchev–Trinajstić information content (AvgIpc) is 3.24. The maximum atomic E-state index is 9.34. The van der Waals surface area contributed by atoms with Gasteiger partial charge in [0.1, 0.15) is 16.8 Å². The lowest BCUT2D eigenvalue weighted by atomic mass is 10.2. The Kier molecular flexibility index (Phi) is 4.86. The predicted molar refractivity (Wildman–Crippen MR) is 96.6 cm³/mol. The molecule has 0 spiro atoms. The third kappa shape index (κ3) is 3.86. The van der Waals surface area contributed by atoms with Gasteiger partial charge in [0.15, 0.2) is 0 Å². The Hall–Kier alpha value is -2.42. The molecule has 2 aromatic heterocycles. The van der Waals surface area contributed by atoms with E-state index in [0.717, 1.165) is 21.5 Å². The average molecular weight is 383 g/mol. The van der Waals surface area contributed by atoms with Crippen LogP contribution in [0, 0.1) is 11.3 Å². The first-order valence-corrected chi connectivity index (χ1v) is 8.47. The van der Waals surface area contributed by atoms with Crippen molar-refractivity contribution < 1.29 is 4.42 Å². The van der Waals surface area contributed by atoms with Gasteiger partial charge in [0.05, 0.1) is 17.5 Å². The molecule has 0 aliphatic rings. The zero-order chi connectivity index (χ0) is 16.1. The van der Waals surface area contributed by atoms with Gasteiger partial charge in [-0.05, 0) is 36.4 Å². The second-order valence-electron chi connectivity index (χ2n) is 4.61. The van der Waals surface area contributed by atoms with Gasteiger partial charge >= 0.3 is 0 Å². The van der Waals surface area contributed by atoms with Crippen molar-refractivity contribution in [3.63, 3.8) is 0 Å². The number of nitrogens with zero attached hydrogens (tertiary/aromatic N) is 2. The van der Waals surface area contributed by atoms with E-state index >= 15 is 0 Å². The first-order valence-electron chi connectivity index (χ1n) is 6.80. The van der Waals surface area contributed by atoms with Crippen molar-refractivity contribution in [2.24, 2.45) is 0 Å². The number of benzene rings is 1. The number of halogens is 1. The van der Waals surface area contributed by atoms with Crippen LogP contribution in [0.1, 0.15) is 10.8 Å². The smallest absolute Gasteiger partial charge is 0.134 e. The number of nitriles is 1. The van der Waals surface area contributed by atoms with Crippen LogP contribution < -0.4 is 0 Å². The minimum absolute atomic E-state index is 0.529. The Balaban J connectivity index is 1.82. The zero-order valence-electron chi connectivity index (χ0n) is 11.9. The summed E-state index contributed by atoms with van der Waals surface area (Å²) in [6, 6.07) is 13.8. The Bertz CT molecular complexity index is 884. The van der Waals surface area contributed by atoms with Gasteiger partial charge in [-0.25, -0.2) is 4.98 Å². The fourth-order valence-electron chi connectivity index (χ4n) is 1.93. The van der Waals surface area contributed by atoms with Crippen LogP contribution in [-0.4, -0.2) is 4.98 Å². The Morgan fingerprint density at radius 1 is 1.26 bits per heavy atom. The highest BCUT2D eigenvalue weighted by atomic mass is 79.9. The molecule has 3 aromatic rings. The maximum Gasteiger partial charge on any atom is 0.134 e. The number of rotatable bonds is 4. The number of hydrogen-bond donors (Lipinski definition) is 0. The van der Waals surface area contributed by atoms with Crippen LogP contribution >= 0.6 is 27.3 Å². The minimum Gasteiger partial charge on any atom is -0.465 e. The molecular formula is C18H11BrN2OS. The summed E-state index contributed by atoms with van der Waals surface area (Å²) in [7, 11) is 0. The third-order valence-electron chi connectivity index (χ3n) is 3.06. The van der Waals surface area contributed by atoms with E-state index in [-0.39, 0.29) is 0 Å². The van der Waals surface area contributed by atoms with Crippen molar-refractivity contribution >= 4 is 38.9 Å². The molecule has 0 saturated heterocycles. The first kappa shape index (κ1) is 15.5. The topological polar surface area (TPSA) is 49.8 Å². The van der Waals surface area contributed by atoms with Crippen LogP contribution in [0.25, 0.3) is 22.9 Å². The van der Waals surface area contributed by atoms with E-state index < -0.39 is 0 Å². The molecule has 3 rings (SSSR count). The van der Waals surface area contributed by atoms with E-state index in [2.05, 4.69) is 27.0 Å². The standard InChI is InChI=1S/C18H11BrN2OS/c19-15-8-6-13(7-9-15)17-12-23-18(21-17)14(11-20)3-1-4-16-5-2-10-22-16/h1-10,12H. The van der Waals surface area contributed by atoms with E-state index in [9.17, 15) is 5.26 Å². The number of hydrogen-bond acceptors (Lipinski definition) is 4. The lowest BCUT2D eigenvalue weighted by Crippen LogP contribution is -1.81. The molecule has 0 unspecified atom stereocenters. The van der Waals surface area contributed by atoms with Crippen LogP contribution in [-0.2, 0) is 0 Å². The van der Waals surface area contributed by atoms with Crippen LogP contribution in [0.4, 0.5) is 0 Å². The second kappa shape index (κ2) is 7.23. The Morgan fingerprint density at radius 3 is 2.78 bits per heavy atom. The van der Waals surface area contributed by atoms with E-state index in [1.54, 1.807) is 24.5 Å². The van der Waals surface area contributed by atoms with Crippen LogP contribution in [0.15, 0.2) is 69.1 Å². The molecule has 3 nitrogen and oxygen atoms in total. The minimum atomic E-state index is 0.529. The molecule has 2 heterocycles. The van der Waals surface area contributed by atoms with Gasteiger partial charge in [-0.1, -0.05) is 34.1 Å². The highest BCUT2D eigenvalue weighted by Gasteiger charge is 2.08. The largest absolute Gasteiger partial charge is 0.465 e. The molecule has 23 heavy (non-hydrogen) atoms. The summed E-state index contributed by atoms with van der Waals surface area (Å²) in [5.74, 6) is 0.744. The Labute approximate surface area is 146 Å². The van der Waals surface area contributed by atoms with Gasteiger partial charge in [-0.2, -0.15) is 5.26 Å². The fourth-order valence-corrected chi connectivity index (χ4v) is 3.00. The molecule has 5 heteroatoms. The SMILES string of the molecule is N#CC(=CC=Cc1ccco1)c1nc(-c2ccc(Br)cc2)cs1. The van der Waals surface area contributed by atoms with Crippen molar-refractivity contribution in [2.45, 2.75) is 0 Å². The molecule has 0 bridgehead atoms. The molecule has 0 atom stereocenters. The fraction of sp³-hybridized carbons (Fsp3) is 0. The van der Waals surface area contributed by atoms with Crippen LogP contribution in [0.2, 0.25) is 0 Å². The normalized spacial score (nSPS) is 11.7. The number of allylic oxidation sites excluding steroid dienone is 3. The van der Waals surface area contributed by atoms with Gasteiger partial charge < -0.3 is 4.42 Å². The van der Waals surface area contributed by atoms with Crippen LogP contribution in [0.3, 0.4) is 0 Å². The molecule has 112 valence electrons. The van der Waals surface area contributed by atoms with Crippen molar-refractivity contribution in [3.05, 3.63) is 75.4 Å². The molecule has 0 saturated carbocycles. The quantitative estimate of drug-likeness (QED) is 0.424. The number of aromatic nitrogens is 1. The molecule has 0 fully saturated rings. The van der Waals surface area contributed by atoms with Crippen molar-refractivity contribution in [1.82, 2.24) is 4.98 Å². The summed E-state index contributed by atoms with van der Waals surface area (Å²) in [4.78, 5) is 4.55. The number of thiazole rings is 1. The molecule has 0 aliphatic heterocycles. The summed E-state index contributed by atoms with van der Waals surface area (Å²) in [5, 5.41) is 12.0. The molecule has 0 amide bonds. The van der Waals surface area contributed by atoms with Crippen molar-refractivity contribution in [1.29, 1.82) is 5.26 Å². The highest BCUT2D eigenvalue weighted by molar-refractivity contribution is 9.10. The lowest BCUT2D eigenvalue weighted by Gasteiger charge is -1.96. The number of furan rings is 1. The Morgan fingerprint density at radius 2 is 2.09 bits per heavy atom. The summed E-state index contributed by atoms with van der Waals surface area (Å²) < 4.78 is 6.24. The van der Waals surface area contributed by atoms with Gasteiger partial charge in [0.25, 0.3) is 0 Å². The van der Waals surface area contributed by atoms with Crippen LogP contribution in [0.5, 0.6) is 0 Å². The molecule has 0 radical (unpaired) electrons. The molecule has 0 N–H and O–H groups in total. The van der Waals surface area contributed by atoms with Crippen molar-refractivity contribution in [3.8, 4) is 17.3 Å². The predicted octanol–water partition coefficient (Wildman–Crippen LogP) is 5.79. The maximum absolute atomic E-state index is 9.34. The van der Waals surface area contributed by atoms with E-state index in [0.29, 0.717) is 10.6 Å². The first-order chi connectivity index (χ1) is 11.3. The van der Waals surface area contributed by atoms with Gasteiger partial charge in [0, 0.05) is 15.4 Å². The van der Waals surface area contributed by atoms with E-state index in [4.69, 9.17) is 4.42 Å². The summed E-state index contributed by atoms with van der Waals surface area (Å²) in [6.45, 7) is 0. The van der Waals surface area contributed by atoms with E-state index in [1.807, 2.05) is 41.8 Å². The lowest BCUT2D eigenvalue weighted by molar-refractivity contribution is 0.557. The van der Waals surface area contributed by atoms with Gasteiger partial charge in [-0.15, -0.1) is 11.3 Å². The molecule has 1 aromatic carbocycles. The third-order valence-corrected chi connectivity index (χ3v) is 4.47.